The minimum absolute atomic E-state index is 0.192. The van der Waals surface area contributed by atoms with Gasteiger partial charge in [-0.1, -0.05) is 12.1 Å². The third-order valence-corrected chi connectivity index (χ3v) is 3.57. The molecule has 116 valence electrons. The van der Waals surface area contributed by atoms with Crippen LogP contribution < -0.4 is 10.7 Å². The molecule has 0 saturated carbocycles. The zero-order chi connectivity index (χ0) is 16.4. The monoisotopic (exact) mass is 311 g/mol. The molecule has 0 aliphatic carbocycles. The molecule has 0 spiro atoms. The number of halogens is 1. The molecular formula is C17H14FN3O2. The second kappa shape index (κ2) is 6.00. The largest absolute Gasteiger partial charge is 0.324 e. The summed E-state index contributed by atoms with van der Waals surface area (Å²) in [6.07, 6.45) is 1.20. The van der Waals surface area contributed by atoms with Crippen LogP contribution >= 0.6 is 0 Å². The van der Waals surface area contributed by atoms with Crippen molar-refractivity contribution in [3.8, 4) is 0 Å². The van der Waals surface area contributed by atoms with E-state index in [1.807, 2.05) is 0 Å². The topological polar surface area (TPSA) is 64.0 Å². The van der Waals surface area contributed by atoms with E-state index >= 15 is 0 Å². The quantitative estimate of drug-likeness (QED) is 0.809. The van der Waals surface area contributed by atoms with E-state index < -0.39 is 6.04 Å². The number of nitrogens with zero attached hydrogens (tertiary/aromatic N) is 2. The molecule has 6 heteroatoms. The summed E-state index contributed by atoms with van der Waals surface area (Å²) in [5.41, 5.74) is 0.887. The minimum Gasteiger partial charge on any atom is -0.324 e. The van der Waals surface area contributed by atoms with Gasteiger partial charge in [-0.25, -0.2) is 4.39 Å². The molecule has 0 bridgehead atoms. The molecule has 1 N–H and O–H groups in total. The predicted octanol–water partition coefficient (Wildman–Crippen LogP) is 2.74. The first-order valence-corrected chi connectivity index (χ1v) is 7.09. The first-order valence-electron chi connectivity index (χ1n) is 7.09. The van der Waals surface area contributed by atoms with Crippen molar-refractivity contribution >= 4 is 22.5 Å². The molecule has 2 aromatic carbocycles. The Bertz CT molecular complexity index is 919. The number of para-hydroxylation sites is 1. The van der Waals surface area contributed by atoms with Gasteiger partial charge in [-0.3, -0.25) is 14.3 Å². The molecule has 0 radical (unpaired) electrons. The van der Waals surface area contributed by atoms with Crippen molar-refractivity contribution in [2.75, 3.05) is 5.32 Å². The standard InChI is InChI=1S/C17H14FN3O2/c1-11(17(23)20-13-8-6-12(18)7-9-13)21-15-5-3-2-4-14(15)16(22)10-19-21/h2-11H,1H3,(H,20,23)/t11-/m0/s1. The molecule has 1 aromatic heterocycles. The molecule has 5 nitrogen and oxygen atoms in total. The highest BCUT2D eigenvalue weighted by Crippen LogP contribution is 2.16. The van der Waals surface area contributed by atoms with Crippen molar-refractivity contribution in [2.45, 2.75) is 13.0 Å². The first-order chi connectivity index (χ1) is 11.1. The molecule has 0 saturated heterocycles. The second-order valence-electron chi connectivity index (χ2n) is 5.14. The number of rotatable bonds is 3. The normalized spacial score (nSPS) is 12.1. The maximum atomic E-state index is 12.9. The van der Waals surface area contributed by atoms with Gasteiger partial charge < -0.3 is 5.32 Å². The smallest absolute Gasteiger partial charge is 0.248 e. The highest BCUT2D eigenvalue weighted by atomic mass is 19.1. The van der Waals surface area contributed by atoms with Gasteiger partial charge in [0.05, 0.1) is 11.7 Å². The Morgan fingerprint density at radius 1 is 1.17 bits per heavy atom. The van der Waals surface area contributed by atoms with Crippen LogP contribution in [-0.4, -0.2) is 15.7 Å². The summed E-state index contributed by atoms with van der Waals surface area (Å²) < 4.78 is 14.4. The summed E-state index contributed by atoms with van der Waals surface area (Å²) in [5.74, 6) is -0.679. The molecule has 1 heterocycles. The lowest BCUT2D eigenvalue weighted by molar-refractivity contribution is -0.119. The first kappa shape index (κ1) is 14.9. The number of fused-ring (bicyclic) bond motifs is 1. The summed E-state index contributed by atoms with van der Waals surface area (Å²) in [6, 6.07) is 11.9. The van der Waals surface area contributed by atoms with Crippen molar-refractivity contribution < 1.29 is 9.18 Å². The van der Waals surface area contributed by atoms with E-state index in [9.17, 15) is 14.0 Å². The number of benzene rings is 2. The van der Waals surface area contributed by atoms with Crippen LogP contribution in [0.3, 0.4) is 0 Å². The Kier molecular flexibility index (Phi) is 3.89. The highest BCUT2D eigenvalue weighted by Gasteiger charge is 2.18. The SMILES string of the molecule is C[C@@H](C(=O)Nc1ccc(F)cc1)n1ncc(=O)c2ccccc21. The van der Waals surface area contributed by atoms with E-state index in [0.717, 1.165) is 0 Å². The van der Waals surface area contributed by atoms with Crippen molar-refractivity contribution in [1.29, 1.82) is 0 Å². The lowest BCUT2D eigenvalue weighted by Crippen LogP contribution is -2.26. The maximum absolute atomic E-state index is 12.9. The number of aromatic nitrogens is 2. The van der Waals surface area contributed by atoms with E-state index in [2.05, 4.69) is 10.4 Å². The fourth-order valence-electron chi connectivity index (χ4n) is 2.33. The zero-order valence-electron chi connectivity index (χ0n) is 12.4. The van der Waals surface area contributed by atoms with E-state index in [0.29, 0.717) is 16.6 Å². The van der Waals surface area contributed by atoms with Crippen molar-refractivity contribution in [1.82, 2.24) is 9.78 Å². The van der Waals surface area contributed by atoms with Crippen LogP contribution in [0.4, 0.5) is 10.1 Å². The molecule has 3 aromatic rings. The van der Waals surface area contributed by atoms with Gasteiger partial charge in [0.1, 0.15) is 11.9 Å². The highest BCUT2D eigenvalue weighted by molar-refractivity contribution is 5.94. The average molecular weight is 311 g/mol. The third kappa shape index (κ3) is 2.96. The Morgan fingerprint density at radius 2 is 1.87 bits per heavy atom. The Balaban J connectivity index is 1.92. The summed E-state index contributed by atoms with van der Waals surface area (Å²) >= 11 is 0. The molecule has 0 aliphatic rings. The number of anilines is 1. The Hall–Kier alpha value is -3.02. The van der Waals surface area contributed by atoms with Crippen LogP contribution in [0.2, 0.25) is 0 Å². The Morgan fingerprint density at radius 3 is 2.61 bits per heavy atom. The summed E-state index contributed by atoms with van der Waals surface area (Å²) in [6.45, 7) is 1.68. The van der Waals surface area contributed by atoms with Crippen LogP contribution in [0.5, 0.6) is 0 Å². The maximum Gasteiger partial charge on any atom is 0.248 e. The van der Waals surface area contributed by atoms with Gasteiger partial charge in [0, 0.05) is 11.1 Å². The molecule has 1 amide bonds. The molecular weight excluding hydrogens is 297 g/mol. The van der Waals surface area contributed by atoms with Gasteiger partial charge in [-0.05, 0) is 43.3 Å². The summed E-state index contributed by atoms with van der Waals surface area (Å²) in [5, 5.41) is 7.27. The van der Waals surface area contributed by atoms with Crippen molar-refractivity contribution in [3.63, 3.8) is 0 Å². The van der Waals surface area contributed by atoms with E-state index in [4.69, 9.17) is 0 Å². The summed E-state index contributed by atoms with van der Waals surface area (Å²) in [4.78, 5) is 24.2. The van der Waals surface area contributed by atoms with Crippen LogP contribution in [-0.2, 0) is 4.79 Å². The van der Waals surface area contributed by atoms with Gasteiger partial charge in [-0.2, -0.15) is 5.10 Å². The molecule has 0 fully saturated rings. The third-order valence-electron chi connectivity index (χ3n) is 3.57. The van der Waals surface area contributed by atoms with Crippen molar-refractivity contribution in [3.05, 3.63) is 70.8 Å². The number of amides is 1. The van der Waals surface area contributed by atoms with Crippen LogP contribution in [0.25, 0.3) is 10.9 Å². The lowest BCUT2D eigenvalue weighted by atomic mass is 10.2. The number of hydrogen-bond donors (Lipinski definition) is 1. The van der Waals surface area contributed by atoms with E-state index in [1.165, 1.54) is 35.1 Å². The molecule has 3 rings (SSSR count). The fourth-order valence-corrected chi connectivity index (χ4v) is 2.33. The van der Waals surface area contributed by atoms with E-state index in [1.54, 1.807) is 31.2 Å². The molecule has 0 aliphatic heterocycles. The van der Waals surface area contributed by atoms with Crippen LogP contribution in [0, 0.1) is 5.82 Å². The average Bonchev–Trinajstić information content (AvgIpc) is 2.57. The van der Waals surface area contributed by atoms with Gasteiger partial charge in [-0.15, -0.1) is 0 Å². The van der Waals surface area contributed by atoms with Crippen molar-refractivity contribution in [2.24, 2.45) is 0 Å². The number of carbonyl (C=O) groups excluding carboxylic acids is 1. The van der Waals surface area contributed by atoms with Crippen LogP contribution in [0.15, 0.2) is 59.5 Å². The van der Waals surface area contributed by atoms with Gasteiger partial charge in [0.25, 0.3) is 0 Å². The number of hydrogen-bond acceptors (Lipinski definition) is 3. The number of nitrogens with one attached hydrogen (secondary N) is 1. The number of carbonyl (C=O) groups is 1. The molecule has 0 unspecified atom stereocenters. The summed E-state index contributed by atoms with van der Waals surface area (Å²) in [7, 11) is 0. The van der Waals surface area contributed by atoms with Crippen LogP contribution in [0.1, 0.15) is 13.0 Å². The Labute approximate surface area is 131 Å². The molecule has 23 heavy (non-hydrogen) atoms. The fraction of sp³-hybridized carbons (Fsp3) is 0.118. The van der Waals surface area contributed by atoms with Gasteiger partial charge in [0.15, 0.2) is 0 Å². The predicted molar refractivity (Wildman–Crippen MR) is 85.7 cm³/mol. The van der Waals surface area contributed by atoms with Gasteiger partial charge >= 0.3 is 0 Å². The van der Waals surface area contributed by atoms with Gasteiger partial charge in [0.2, 0.25) is 11.3 Å². The zero-order valence-corrected chi connectivity index (χ0v) is 12.4. The second-order valence-corrected chi connectivity index (χ2v) is 5.14. The molecule has 1 atom stereocenters. The minimum atomic E-state index is -0.634. The lowest BCUT2D eigenvalue weighted by Gasteiger charge is -2.16. The van der Waals surface area contributed by atoms with E-state index in [-0.39, 0.29) is 17.2 Å².